The molecule has 12 heteroatoms. The van der Waals surface area contributed by atoms with Crippen LogP contribution in [0.3, 0.4) is 0 Å². The molecule has 4 rings (SSSR count). The van der Waals surface area contributed by atoms with Crippen molar-refractivity contribution in [3.8, 4) is 17.1 Å². The van der Waals surface area contributed by atoms with E-state index < -0.39 is 24.1 Å². The first-order chi connectivity index (χ1) is 15.0. The van der Waals surface area contributed by atoms with E-state index in [0.29, 0.717) is 5.82 Å². The van der Waals surface area contributed by atoms with Gasteiger partial charge in [-0.05, 0) is 23.4 Å². The highest BCUT2D eigenvalue weighted by Crippen LogP contribution is 2.27. The molecule has 0 fully saturated rings. The maximum atomic E-state index is 13.3. The second-order valence-corrected chi connectivity index (χ2v) is 6.21. The topological polar surface area (TPSA) is 99.8 Å². The van der Waals surface area contributed by atoms with Crippen molar-refractivity contribution in [2.75, 3.05) is 5.32 Å². The number of hydrogen-bond donors (Lipinski definition) is 1. The summed E-state index contributed by atoms with van der Waals surface area (Å²) in [5, 5.41) is 18.7. The molecule has 0 spiro atoms. The summed E-state index contributed by atoms with van der Waals surface area (Å²) in [4.78, 5) is 13.7. The number of aromatic nitrogens is 6. The molecule has 2 aromatic heterocycles. The lowest BCUT2D eigenvalue weighted by atomic mass is 10.2. The van der Waals surface area contributed by atoms with Gasteiger partial charge in [-0.2, -0.15) is 13.9 Å². The molecule has 2 aromatic carbocycles. The molecule has 2 heterocycles. The molecule has 0 bridgehead atoms. The summed E-state index contributed by atoms with van der Waals surface area (Å²) in [6, 6.07) is 13.6. The lowest BCUT2D eigenvalue weighted by molar-refractivity contribution is -0.0495. The Balaban J connectivity index is 1.45. The quantitative estimate of drug-likeness (QED) is 0.485. The number of halogens is 3. The number of carbonyl (C=O) groups is 1. The van der Waals surface area contributed by atoms with Crippen molar-refractivity contribution < 1.29 is 22.7 Å². The number of nitrogens with zero attached hydrogens (tertiary/aromatic N) is 6. The van der Waals surface area contributed by atoms with E-state index in [2.05, 4.69) is 30.6 Å². The van der Waals surface area contributed by atoms with Crippen LogP contribution in [0, 0.1) is 5.82 Å². The summed E-state index contributed by atoms with van der Waals surface area (Å²) in [5.41, 5.74) is 0.679. The van der Waals surface area contributed by atoms with E-state index in [1.165, 1.54) is 21.7 Å². The number of tetrazole rings is 1. The van der Waals surface area contributed by atoms with Crippen molar-refractivity contribution in [1.82, 2.24) is 30.0 Å². The normalized spacial score (nSPS) is 11.0. The summed E-state index contributed by atoms with van der Waals surface area (Å²) in [5.74, 6) is -1.54. The number of alkyl halides is 2. The van der Waals surface area contributed by atoms with Crippen LogP contribution >= 0.6 is 0 Å². The minimum atomic E-state index is -3.17. The fourth-order valence-corrected chi connectivity index (χ4v) is 2.68. The number of ether oxygens (including phenoxy) is 1. The number of hydrogen-bond acceptors (Lipinski definition) is 6. The number of rotatable bonds is 7. The second kappa shape index (κ2) is 8.65. The van der Waals surface area contributed by atoms with Crippen LogP contribution in [0.15, 0.2) is 60.8 Å². The van der Waals surface area contributed by atoms with Gasteiger partial charge in [-0.15, -0.1) is 15.0 Å². The summed E-state index contributed by atoms with van der Waals surface area (Å²) < 4.78 is 44.0. The Morgan fingerprint density at radius 3 is 2.68 bits per heavy atom. The fourth-order valence-electron chi connectivity index (χ4n) is 2.68. The maximum absolute atomic E-state index is 13.3. The molecule has 0 saturated heterocycles. The first-order valence-electron chi connectivity index (χ1n) is 8.90. The largest absolute Gasteiger partial charge is 0.432 e. The number of nitrogens with one attached hydrogen (secondary N) is 1. The maximum Gasteiger partial charge on any atom is 0.387 e. The minimum Gasteiger partial charge on any atom is -0.432 e. The van der Waals surface area contributed by atoms with Crippen LogP contribution in [0.2, 0.25) is 0 Å². The van der Waals surface area contributed by atoms with E-state index in [4.69, 9.17) is 0 Å². The van der Waals surface area contributed by atoms with Gasteiger partial charge in [-0.25, -0.2) is 9.07 Å². The molecule has 158 valence electrons. The monoisotopic (exact) mass is 429 g/mol. The third-order valence-electron chi connectivity index (χ3n) is 4.04. The van der Waals surface area contributed by atoms with Gasteiger partial charge in [0.25, 0.3) is 5.91 Å². The number of benzene rings is 2. The van der Waals surface area contributed by atoms with Gasteiger partial charge in [0.15, 0.2) is 18.1 Å². The number of amides is 1. The van der Waals surface area contributed by atoms with Crippen LogP contribution in [0.25, 0.3) is 11.4 Å². The molecule has 0 atom stereocenters. The van der Waals surface area contributed by atoms with Crippen molar-refractivity contribution in [1.29, 1.82) is 0 Å². The molecule has 31 heavy (non-hydrogen) atoms. The van der Waals surface area contributed by atoms with Gasteiger partial charge in [-0.3, -0.25) is 4.79 Å². The molecule has 0 aliphatic rings. The molecule has 0 radical (unpaired) electrons. The molecule has 9 nitrogen and oxygen atoms in total. The average molecular weight is 429 g/mol. The van der Waals surface area contributed by atoms with E-state index in [0.717, 1.165) is 23.8 Å². The Labute approximate surface area is 173 Å². The highest BCUT2D eigenvalue weighted by atomic mass is 19.3. The van der Waals surface area contributed by atoms with Crippen molar-refractivity contribution in [3.63, 3.8) is 0 Å². The summed E-state index contributed by atoms with van der Waals surface area (Å²) in [6.45, 7) is -3.09. The zero-order valence-corrected chi connectivity index (χ0v) is 15.7. The second-order valence-electron chi connectivity index (χ2n) is 6.21. The molecular weight excluding hydrogens is 415 g/mol. The molecular formula is C19H14F3N7O2. The Morgan fingerprint density at radius 2 is 1.90 bits per heavy atom. The predicted molar refractivity (Wildman–Crippen MR) is 102 cm³/mol. The van der Waals surface area contributed by atoms with E-state index in [9.17, 15) is 18.0 Å². The SMILES string of the molecule is O=C(Nc1ccc(F)cc1OC(F)F)c1ccn(Cn2nnc(-c3ccccc3)n2)n1. The predicted octanol–water partition coefficient (Wildman–Crippen LogP) is 3.04. The molecule has 0 saturated carbocycles. The summed E-state index contributed by atoms with van der Waals surface area (Å²) in [6.07, 6.45) is 1.52. The van der Waals surface area contributed by atoms with Crippen LogP contribution in [-0.2, 0) is 6.67 Å². The Hall–Kier alpha value is -4.22. The average Bonchev–Trinajstić information content (AvgIpc) is 3.40. The molecule has 0 aliphatic heterocycles. The van der Waals surface area contributed by atoms with Gasteiger partial charge in [0, 0.05) is 17.8 Å². The summed E-state index contributed by atoms with van der Waals surface area (Å²) >= 11 is 0. The van der Waals surface area contributed by atoms with Gasteiger partial charge < -0.3 is 10.1 Å². The van der Waals surface area contributed by atoms with Crippen molar-refractivity contribution in [3.05, 3.63) is 72.3 Å². The van der Waals surface area contributed by atoms with Crippen LogP contribution in [0.1, 0.15) is 10.5 Å². The molecule has 1 N–H and O–H groups in total. The third-order valence-corrected chi connectivity index (χ3v) is 4.04. The first-order valence-corrected chi connectivity index (χ1v) is 8.90. The standard InChI is InChI=1S/C19H14F3N7O2/c20-13-6-7-14(16(10-13)31-19(21)22)23-18(30)15-8-9-28(25-15)11-29-26-17(24-27-29)12-4-2-1-3-5-12/h1-10,19H,11H2,(H,23,30). The molecule has 1 amide bonds. The highest BCUT2D eigenvalue weighted by molar-refractivity contribution is 6.03. The van der Waals surface area contributed by atoms with Gasteiger partial charge in [-0.1, -0.05) is 30.3 Å². The lowest BCUT2D eigenvalue weighted by Gasteiger charge is -2.11. The van der Waals surface area contributed by atoms with Gasteiger partial charge in [0.05, 0.1) is 5.69 Å². The van der Waals surface area contributed by atoms with E-state index in [1.807, 2.05) is 30.3 Å². The third kappa shape index (κ3) is 4.86. The Bertz CT molecular complexity index is 1190. The van der Waals surface area contributed by atoms with E-state index in [1.54, 1.807) is 0 Å². The van der Waals surface area contributed by atoms with Gasteiger partial charge >= 0.3 is 6.61 Å². The van der Waals surface area contributed by atoms with Crippen molar-refractivity contribution in [2.45, 2.75) is 13.3 Å². The van der Waals surface area contributed by atoms with E-state index >= 15 is 0 Å². The zero-order valence-electron chi connectivity index (χ0n) is 15.7. The first kappa shape index (κ1) is 20.1. The van der Waals surface area contributed by atoms with Crippen LogP contribution < -0.4 is 10.1 Å². The van der Waals surface area contributed by atoms with Crippen molar-refractivity contribution >= 4 is 11.6 Å². The number of anilines is 1. The van der Waals surface area contributed by atoms with Crippen LogP contribution in [0.5, 0.6) is 5.75 Å². The smallest absolute Gasteiger partial charge is 0.387 e. The molecule has 4 aromatic rings. The van der Waals surface area contributed by atoms with Crippen molar-refractivity contribution in [2.24, 2.45) is 0 Å². The highest BCUT2D eigenvalue weighted by Gasteiger charge is 2.16. The number of carbonyl (C=O) groups excluding carboxylic acids is 1. The zero-order chi connectivity index (χ0) is 21.8. The van der Waals surface area contributed by atoms with E-state index in [-0.39, 0.29) is 18.1 Å². The Kier molecular flexibility index (Phi) is 5.60. The lowest BCUT2D eigenvalue weighted by Crippen LogP contribution is -2.16. The summed E-state index contributed by atoms with van der Waals surface area (Å²) in [7, 11) is 0. The van der Waals surface area contributed by atoms with Gasteiger partial charge in [0.2, 0.25) is 5.82 Å². The Morgan fingerprint density at radius 1 is 1.10 bits per heavy atom. The van der Waals surface area contributed by atoms with Crippen LogP contribution in [0.4, 0.5) is 18.9 Å². The minimum absolute atomic E-state index is 0.00396. The van der Waals surface area contributed by atoms with Crippen LogP contribution in [-0.4, -0.2) is 42.5 Å². The molecule has 0 aliphatic carbocycles. The van der Waals surface area contributed by atoms with Gasteiger partial charge in [0.1, 0.15) is 5.82 Å². The molecule has 0 unspecified atom stereocenters. The fraction of sp³-hybridized carbons (Fsp3) is 0.105.